The van der Waals surface area contributed by atoms with Crippen molar-refractivity contribution in [3.63, 3.8) is 0 Å². The highest BCUT2D eigenvalue weighted by Gasteiger charge is 2.38. The third-order valence-electron chi connectivity index (χ3n) is 8.18. The fraction of sp³-hybridized carbons (Fsp3) is 0.452. The number of nitrogens with two attached hydrogens (primary N) is 1. The molecule has 0 spiro atoms. The summed E-state index contributed by atoms with van der Waals surface area (Å²) in [6.07, 6.45) is 1.72. The summed E-state index contributed by atoms with van der Waals surface area (Å²) >= 11 is 24.9. The van der Waals surface area contributed by atoms with Crippen molar-refractivity contribution in [2.45, 2.75) is 43.7 Å². The van der Waals surface area contributed by atoms with E-state index in [0.29, 0.717) is 70.3 Å². The number of carbonyl (C=O) groups excluding carboxylic acids is 4. The van der Waals surface area contributed by atoms with E-state index in [1.165, 1.54) is 12.0 Å². The second-order valence-electron chi connectivity index (χ2n) is 11.4. The van der Waals surface area contributed by atoms with E-state index in [9.17, 15) is 19.2 Å². The van der Waals surface area contributed by atoms with Crippen molar-refractivity contribution >= 4 is 75.7 Å². The number of amides is 4. The molecule has 2 aromatic rings. The fourth-order valence-corrected chi connectivity index (χ4v) is 6.77. The number of piperazine rings is 1. The van der Waals surface area contributed by atoms with Crippen LogP contribution in [0.4, 0.5) is 0 Å². The zero-order chi connectivity index (χ0) is 33.5. The molecule has 2 saturated heterocycles. The van der Waals surface area contributed by atoms with Crippen molar-refractivity contribution in [1.29, 1.82) is 0 Å². The average molecular weight is 714 g/mol. The van der Waals surface area contributed by atoms with Crippen LogP contribution in [0.1, 0.15) is 47.5 Å². The van der Waals surface area contributed by atoms with Gasteiger partial charge in [-0.3, -0.25) is 19.2 Å². The van der Waals surface area contributed by atoms with Gasteiger partial charge in [0, 0.05) is 47.7 Å². The van der Waals surface area contributed by atoms with Gasteiger partial charge in [0.15, 0.2) is 0 Å². The first kappa shape index (κ1) is 35.8. The Morgan fingerprint density at radius 1 is 1.07 bits per heavy atom. The zero-order valence-electron chi connectivity index (χ0n) is 25.5. The van der Waals surface area contributed by atoms with E-state index in [2.05, 4.69) is 15.4 Å². The molecular formula is C31H36Cl4N6O5. The lowest BCUT2D eigenvalue weighted by Crippen LogP contribution is -2.62. The van der Waals surface area contributed by atoms with E-state index >= 15 is 0 Å². The average Bonchev–Trinajstić information content (AvgIpc) is 2.99. The van der Waals surface area contributed by atoms with Gasteiger partial charge in [0.1, 0.15) is 13.2 Å². The van der Waals surface area contributed by atoms with E-state index in [-0.39, 0.29) is 49.2 Å². The van der Waals surface area contributed by atoms with E-state index in [4.69, 9.17) is 57.0 Å². The highest BCUT2D eigenvalue weighted by atomic mass is 35.5. The van der Waals surface area contributed by atoms with E-state index < -0.39 is 11.9 Å². The van der Waals surface area contributed by atoms with Crippen LogP contribution < -0.4 is 11.1 Å². The number of rotatable bonds is 12. The van der Waals surface area contributed by atoms with Gasteiger partial charge in [-0.05, 0) is 61.7 Å². The van der Waals surface area contributed by atoms with Crippen LogP contribution in [0.3, 0.4) is 0 Å². The molecule has 0 aromatic heterocycles. The molecule has 0 aliphatic carbocycles. The molecule has 2 fully saturated rings. The third kappa shape index (κ3) is 9.25. The zero-order valence-corrected chi connectivity index (χ0v) is 28.5. The first-order chi connectivity index (χ1) is 21.9. The number of oxime groups is 1. The number of nitrogens with one attached hydrogen (secondary N) is 1. The van der Waals surface area contributed by atoms with Crippen molar-refractivity contribution in [2.24, 2.45) is 10.9 Å². The molecule has 2 aliphatic rings. The molecule has 46 heavy (non-hydrogen) atoms. The van der Waals surface area contributed by atoms with Crippen LogP contribution in [0.2, 0.25) is 20.1 Å². The first-order valence-electron chi connectivity index (χ1n) is 14.7. The summed E-state index contributed by atoms with van der Waals surface area (Å²) in [5.41, 5.74) is 7.08. The first-order valence-corrected chi connectivity index (χ1v) is 16.2. The second-order valence-corrected chi connectivity index (χ2v) is 13.1. The Hall–Kier alpha value is -3.09. The molecule has 0 bridgehead atoms. The van der Waals surface area contributed by atoms with Crippen molar-refractivity contribution in [1.82, 2.24) is 20.0 Å². The third-order valence-corrected chi connectivity index (χ3v) is 9.36. The molecule has 2 heterocycles. The SMILES string of the molecule is CO/N=C(\CN(C)C(=O)c1cc(Cl)cc(Cl)c1)C(CCN1CCC(N2CC(=O)N[C@H](CC(N)=O)C2=O)CC1)c1ccc(Cl)c(Cl)c1. The molecule has 248 valence electrons. The van der Waals surface area contributed by atoms with Crippen molar-refractivity contribution in [2.75, 3.05) is 46.9 Å². The minimum Gasteiger partial charge on any atom is -0.399 e. The number of primary amides is 1. The number of likely N-dealkylation sites (tertiary alicyclic amines) is 1. The standard InChI is InChI=1S/C31H36Cl4N6O5/c1-39(30(44)19-11-20(32)14-21(33)12-19)16-27(38-46-2)23(18-3-4-24(34)25(35)13-18)7-10-40-8-5-22(6-9-40)41-17-29(43)37-26(31(41)45)15-28(36)42/h3-4,11-14,22-23,26H,5-10,15-17H2,1-2H3,(H2,36,42)(H,37,43)/b38-27+/t23?,26-/m1/s1. The van der Waals surface area contributed by atoms with Crippen molar-refractivity contribution < 1.29 is 24.0 Å². The largest absolute Gasteiger partial charge is 0.399 e. The Morgan fingerprint density at radius 3 is 2.35 bits per heavy atom. The number of hydrogen-bond acceptors (Lipinski definition) is 7. The van der Waals surface area contributed by atoms with Gasteiger partial charge in [-0.15, -0.1) is 0 Å². The van der Waals surface area contributed by atoms with Crippen LogP contribution in [0.5, 0.6) is 0 Å². The Bertz CT molecular complexity index is 1480. The van der Waals surface area contributed by atoms with Crippen LogP contribution in [0, 0.1) is 0 Å². The van der Waals surface area contributed by atoms with Crippen LogP contribution in [0.25, 0.3) is 0 Å². The monoisotopic (exact) mass is 712 g/mol. The lowest BCUT2D eigenvalue weighted by atomic mass is 9.89. The van der Waals surface area contributed by atoms with Crippen LogP contribution in [-0.2, 0) is 19.2 Å². The van der Waals surface area contributed by atoms with E-state index in [1.807, 2.05) is 6.07 Å². The molecule has 0 radical (unpaired) electrons. The fourth-order valence-electron chi connectivity index (χ4n) is 5.94. The molecule has 4 rings (SSSR count). The number of piperidine rings is 1. The van der Waals surface area contributed by atoms with Crippen molar-refractivity contribution in [3.8, 4) is 0 Å². The Labute approximate surface area is 287 Å². The highest BCUT2D eigenvalue weighted by Crippen LogP contribution is 2.31. The predicted octanol–water partition coefficient (Wildman–Crippen LogP) is 4.22. The quantitative estimate of drug-likeness (QED) is 0.250. The maximum atomic E-state index is 13.3. The molecule has 1 unspecified atom stereocenters. The molecule has 11 nitrogen and oxygen atoms in total. The minimum absolute atomic E-state index is 0.0391. The number of nitrogens with zero attached hydrogens (tertiary/aromatic N) is 4. The number of halogens is 4. The van der Waals surface area contributed by atoms with Gasteiger partial charge < -0.3 is 30.6 Å². The van der Waals surface area contributed by atoms with Gasteiger partial charge in [-0.25, -0.2) is 0 Å². The van der Waals surface area contributed by atoms with Gasteiger partial charge in [0.25, 0.3) is 5.91 Å². The topological polar surface area (TPSA) is 138 Å². The lowest BCUT2D eigenvalue weighted by molar-refractivity contribution is -0.148. The molecule has 0 saturated carbocycles. The number of benzene rings is 2. The lowest BCUT2D eigenvalue weighted by Gasteiger charge is -2.42. The summed E-state index contributed by atoms with van der Waals surface area (Å²) in [5, 5.41) is 8.43. The van der Waals surface area contributed by atoms with Crippen LogP contribution >= 0.6 is 46.4 Å². The van der Waals surface area contributed by atoms with Crippen molar-refractivity contribution in [3.05, 3.63) is 67.6 Å². The Balaban J connectivity index is 1.46. The summed E-state index contributed by atoms with van der Waals surface area (Å²) in [6.45, 7) is 2.16. The van der Waals surface area contributed by atoms with Gasteiger partial charge in [-0.2, -0.15) is 0 Å². The normalized spacial score (nSPS) is 18.7. The van der Waals surface area contributed by atoms with Crippen LogP contribution in [0.15, 0.2) is 41.6 Å². The van der Waals surface area contributed by atoms with Gasteiger partial charge in [0.05, 0.1) is 35.3 Å². The summed E-state index contributed by atoms with van der Waals surface area (Å²) < 4.78 is 0. The second kappa shape index (κ2) is 16.1. The molecular weight excluding hydrogens is 678 g/mol. The maximum Gasteiger partial charge on any atom is 0.254 e. The molecule has 2 aromatic carbocycles. The minimum atomic E-state index is -0.928. The predicted molar refractivity (Wildman–Crippen MR) is 179 cm³/mol. The maximum absolute atomic E-state index is 13.3. The van der Waals surface area contributed by atoms with E-state index in [1.54, 1.807) is 42.3 Å². The molecule has 2 aliphatic heterocycles. The molecule has 3 N–H and O–H groups in total. The van der Waals surface area contributed by atoms with Gasteiger partial charge in [0.2, 0.25) is 17.7 Å². The summed E-state index contributed by atoms with van der Waals surface area (Å²) in [7, 11) is 3.11. The summed E-state index contributed by atoms with van der Waals surface area (Å²) in [6, 6.07) is 9.02. The summed E-state index contributed by atoms with van der Waals surface area (Å²) in [5.74, 6) is -1.80. The summed E-state index contributed by atoms with van der Waals surface area (Å²) in [4.78, 5) is 60.6. The molecule has 4 amide bonds. The van der Waals surface area contributed by atoms with Crippen LogP contribution in [-0.4, -0.2) is 103 Å². The smallest absolute Gasteiger partial charge is 0.254 e. The van der Waals surface area contributed by atoms with E-state index in [0.717, 1.165) is 5.56 Å². The Morgan fingerprint density at radius 2 is 1.74 bits per heavy atom. The Kier molecular flexibility index (Phi) is 12.6. The van der Waals surface area contributed by atoms with Gasteiger partial charge >= 0.3 is 0 Å². The highest BCUT2D eigenvalue weighted by molar-refractivity contribution is 6.42. The van der Waals surface area contributed by atoms with Gasteiger partial charge in [-0.1, -0.05) is 57.6 Å². The molecule has 2 atom stereocenters. The molecule has 15 heteroatoms. The number of carbonyl (C=O) groups is 4. The number of hydrogen-bond donors (Lipinski definition) is 2.